The summed E-state index contributed by atoms with van der Waals surface area (Å²) in [5, 5.41) is 7.44. The van der Waals surface area contributed by atoms with Gasteiger partial charge in [0.15, 0.2) is 0 Å². The van der Waals surface area contributed by atoms with Crippen LogP contribution in [0.4, 0.5) is 5.69 Å². The number of rotatable bonds is 4. The van der Waals surface area contributed by atoms with E-state index in [0.29, 0.717) is 6.54 Å². The minimum absolute atomic E-state index is 0.711. The van der Waals surface area contributed by atoms with E-state index in [4.69, 9.17) is 0 Å². The Kier molecular flexibility index (Phi) is 3.41. The highest BCUT2D eigenvalue weighted by Gasteiger charge is 1.98. The lowest BCUT2D eigenvalue weighted by Gasteiger charge is -2.07. The number of nitrogens with zero attached hydrogens (tertiary/aromatic N) is 4. The SMILES string of the molecule is Cc1ccc(CNc2ccc(-n3cncn3)cc2)nc1. The molecule has 3 rings (SSSR count). The Morgan fingerprint density at radius 2 is 1.95 bits per heavy atom. The largest absolute Gasteiger partial charge is 0.379 e. The van der Waals surface area contributed by atoms with Crippen LogP contribution in [-0.2, 0) is 6.54 Å². The van der Waals surface area contributed by atoms with Crippen molar-refractivity contribution in [2.75, 3.05) is 5.32 Å². The summed E-state index contributed by atoms with van der Waals surface area (Å²) in [6.45, 7) is 2.75. The summed E-state index contributed by atoms with van der Waals surface area (Å²) < 4.78 is 1.73. The van der Waals surface area contributed by atoms with Gasteiger partial charge in [-0.05, 0) is 42.8 Å². The van der Waals surface area contributed by atoms with E-state index in [0.717, 1.165) is 17.1 Å². The van der Waals surface area contributed by atoms with Crippen LogP contribution >= 0.6 is 0 Å². The predicted octanol–water partition coefficient (Wildman–Crippen LogP) is 2.58. The smallest absolute Gasteiger partial charge is 0.138 e. The Balaban J connectivity index is 1.65. The van der Waals surface area contributed by atoms with Crippen LogP contribution in [0.5, 0.6) is 0 Å². The monoisotopic (exact) mass is 265 g/mol. The molecule has 5 nitrogen and oxygen atoms in total. The number of nitrogens with one attached hydrogen (secondary N) is 1. The normalized spacial score (nSPS) is 10.4. The molecule has 0 saturated carbocycles. The fourth-order valence-electron chi connectivity index (χ4n) is 1.87. The van der Waals surface area contributed by atoms with Crippen LogP contribution in [0, 0.1) is 6.92 Å². The Bertz CT molecular complexity index is 656. The molecule has 1 aromatic carbocycles. The number of anilines is 1. The van der Waals surface area contributed by atoms with Gasteiger partial charge >= 0.3 is 0 Å². The van der Waals surface area contributed by atoms with Crippen LogP contribution in [0.3, 0.4) is 0 Å². The molecule has 0 amide bonds. The molecule has 0 saturated heterocycles. The van der Waals surface area contributed by atoms with E-state index in [9.17, 15) is 0 Å². The second-order valence-corrected chi connectivity index (χ2v) is 4.57. The van der Waals surface area contributed by atoms with Gasteiger partial charge in [0.25, 0.3) is 0 Å². The summed E-state index contributed by atoms with van der Waals surface area (Å²) >= 11 is 0. The van der Waals surface area contributed by atoms with Crippen LogP contribution in [0.2, 0.25) is 0 Å². The Labute approximate surface area is 117 Å². The molecule has 3 aromatic rings. The molecule has 0 aliphatic carbocycles. The lowest BCUT2D eigenvalue weighted by Crippen LogP contribution is -2.02. The molecular formula is C15H15N5. The number of aromatic nitrogens is 4. The summed E-state index contributed by atoms with van der Waals surface area (Å²) in [4.78, 5) is 8.30. The minimum Gasteiger partial charge on any atom is -0.379 e. The summed E-state index contributed by atoms with van der Waals surface area (Å²) in [7, 11) is 0. The third-order valence-electron chi connectivity index (χ3n) is 3.00. The molecule has 0 spiro atoms. The van der Waals surface area contributed by atoms with Crippen molar-refractivity contribution in [1.29, 1.82) is 0 Å². The summed E-state index contributed by atoms with van der Waals surface area (Å²) in [6.07, 6.45) is 5.08. The quantitative estimate of drug-likeness (QED) is 0.787. The van der Waals surface area contributed by atoms with E-state index in [1.54, 1.807) is 11.0 Å². The Morgan fingerprint density at radius 3 is 2.60 bits per heavy atom. The highest BCUT2D eigenvalue weighted by molar-refractivity contribution is 5.48. The van der Waals surface area contributed by atoms with Crippen molar-refractivity contribution in [2.24, 2.45) is 0 Å². The van der Waals surface area contributed by atoms with Crippen molar-refractivity contribution in [3.8, 4) is 5.69 Å². The molecule has 0 bridgehead atoms. The van der Waals surface area contributed by atoms with Gasteiger partial charge in [0.05, 0.1) is 17.9 Å². The molecule has 0 unspecified atom stereocenters. The van der Waals surface area contributed by atoms with Gasteiger partial charge in [0.2, 0.25) is 0 Å². The average Bonchev–Trinajstić information content (AvgIpc) is 3.01. The van der Waals surface area contributed by atoms with Gasteiger partial charge in [-0.15, -0.1) is 0 Å². The molecule has 0 atom stereocenters. The van der Waals surface area contributed by atoms with Crippen LogP contribution in [0.25, 0.3) is 5.69 Å². The maximum absolute atomic E-state index is 4.37. The van der Waals surface area contributed by atoms with Gasteiger partial charge in [-0.3, -0.25) is 4.98 Å². The number of benzene rings is 1. The van der Waals surface area contributed by atoms with Crippen molar-refractivity contribution in [1.82, 2.24) is 19.7 Å². The summed E-state index contributed by atoms with van der Waals surface area (Å²) in [5.74, 6) is 0. The second kappa shape index (κ2) is 5.52. The van der Waals surface area contributed by atoms with E-state index >= 15 is 0 Å². The first-order valence-electron chi connectivity index (χ1n) is 6.42. The van der Waals surface area contributed by atoms with Gasteiger partial charge in [0.1, 0.15) is 12.7 Å². The molecule has 20 heavy (non-hydrogen) atoms. The zero-order valence-corrected chi connectivity index (χ0v) is 11.2. The van der Waals surface area contributed by atoms with E-state index in [1.807, 2.05) is 43.5 Å². The first-order valence-corrected chi connectivity index (χ1v) is 6.42. The van der Waals surface area contributed by atoms with E-state index in [1.165, 1.54) is 11.9 Å². The summed E-state index contributed by atoms with van der Waals surface area (Å²) in [6, 6.07) is 12.1. The van der Waals surface area contributed by atoms with Gasteiger partial charge in [-0.25, -0.2) is 9.67 Å². The number of pyridine rings is 1. The van der Waals surface area contributed by atoms with Crippen LogP contribution in [-0.4, -0.2) is 19.7 Å². The molecule has 2 heterocycles. The zero-order chi connectivity index (χ0) is 13.8. The van der Waals surface area contributed by atoms with E-state index in [2.05, 4.69) is 26.4 Å². The standard InChI is InChI=1S/C15H15N5/c1-12-2-3-14(17-8-12)9-18-13-4-6-15(7-5-13)20-11-16-10-19-20/h2-8,10-11,18H,9H2,1H3. The van der Waals surface area contributed by atoms with E-state index in [-0.39, 0.29) is 0 Å². The van der Waals surface area contributed by atoms with Crippen LogP contribution < -0.4 is 5.32 Å². The number of hydrogen-bond acceptors (Lipinski definition) is 4. The molecule has 2 aromatic heterocycles. The molecule has 0 fully saturated rings. The first-order chi connectivity index (χ1) is 9.81. The van der Waals surface area contributed by atoms with Crippen molar-refractivity contribution < 1.29 is 0 Å². The molecule has 0 aliphatic rings. The van der Waals surface area contributed by atoms with Crippen molar-refractivity contribution in [3.63, 3.8) is 0 Å². The topological polar surface area (TPSA) is 55.6 Å². The van der Waals surface area contributed by atoms with Gasteiger partial charge in [0, 0.05) is 11.9 Å². The zero-order valence-electron chi connectivity index (χ0n) is 11.2. The predicted molar refractivity (Wildman–Crippen MR) is 77.7 cm³/mol. The Morgan fingerprint density at radius 1 is 1.10 bits per heavy atom. The number of aryl methyl sites for hydroxylation is 1. The Hall–Kier alpha value is -2.69. The lowest BCUT2D eigenvalue weighted by atomic mass is 10.2. The average molecular weight is 265 g/mol. The highest BCUT2D eigenvalue weighted by Crippen LogP contribution is 2.13. The van der Waals surface area contributed by atoms with Crippen LogP contribution in [0.1, 0.15) is 11.3 Å². The number of hydrogen-bond donors (Lipinski definition) is 1. The van der Waals surface area contributed by atoms with Crippen molar-refractivity contribution in [3.05, 3.63) is 66.5 Å². The van der Waals surface area contributed by atoms with Gasteiger partial charge < -0.3 is 5.32 Å². The molecular weight excluding hydrogens is 250 g/mol. The third-order valence-corrected chi connectivity index (χ3v) is 3.00. The maximum atomic E-state index is 4.37. The van der Waals surface area contributed by atoms with Gasteiger partial charge in [-0.2, -0.15) is 5.10 Å². The van der Waals surface area contributed by atoms with E-state index < -0.39 is 0 Å². The minimum atomic E-state index is 0.711. The van der Waals surface area contributed by atoms with Crippen molar-refractivity contribution in [2.45, 2.75) is 13.5 Å². The lowest BCUT2D eigenvalue weighted by molar-refractivity contribution is 0.879. The third kappa shape index (κ3) is 2.83. The maximum Gasteiger partial charge on any atom is 0.138 e. The molecule has 100 valence electrons. The molecule has 0 radical (unpaired) electrons. The van der Waals surface area contributed by atoms with Gasteiger partial charge in [-0.1, -0.05) is 6.07 Å². The highest BCUT2D eigenvalue weighted by atomic mass is 15.3. The molecule has 1 N–H and O–H groups in total. The molecule has 0 aliphatic heterocycles. The summed E-state index contributed by atoms with van der Waals surface area (Å²) in [5.41, 5.74) is 4.24. The van der Waals surface area contributed by atoms with Crippen molar-refractivity contribution >= 4 is 5.69 Å². The fourth-order valence-corrected chi connectivity index (χ4v) is 1.87. The van der Waals surface area contributed by atoms with Crippen LogP contribution in [0.15, 0.2) is 55.2 Å². The first kappa shape index (κ1) is 12.3. The fraction of sp³-hybridized carbons (Fsp3) is 0.133. The second-order valence-electron chi connectivity index (χ2n) is 4.57. The molecule has 5 heteroatoms.